The number of para-hydroxylation sites is 4. The molecular formula is C19H19N3O3. The van der Waals surface area contributed by atoms with E-state index in [2.05, 4.69) is 15.3 Å². The SMILES string of the molecule is C[C@@H]1Oc2ccccc2O[C@@H]1C(=O)NCCc1nc2ccccc2[nH]1. The van der Waals surface area contributed by atoms with E-state index in [1.165, 1.54) is 0 Å². The van der Waals surface area contributed by atoms with E-state index in [0.717, 1.165) is 16.9 Å². The highest BCUT2D eigenvalue weighted by Crippen LogP contribution is 2.33. The van der Waals surface area contributed by atoms with Crippen LogP contribution in [-0.2, 0) is 11.2 Å². The number of ether oxygens (including phenoxy) is 2. The minimum absolute atomic E-state index is 0.182. The van der Waals surface area contributed by atoms with Crippen LogP contribution in [0.1, 0.15) is 12.7 Å². The molecule has 1 aromatic heterocycles. The number of benzene rings is 2. The lowest BCUT2D eigenvalue weighted by atomic mass is 10.1. The zero-order valence-electron chi connectivity index (χ0n) is 13.9. The van der Waals surface area contributed by atoms with Crippen molar-refractivity contribution in [2.75, 3.05) is 6.54 Å². The standard InChI is InChI=1S/C19H19N3O3/c1-12-18(25-16-9-5-4-8-15(16)24-12)19(23)20-11-10-17-21-13-6-2-3-7-14(13)22-17/h2-9,12,18H,10-11H2,1H3,(H,20,23)(H,21,22)/t12-,18-/m0/s1. The van der Waals surface area contributed by atoms with Crippen LogP contribution in [0, 0.1) is 0 Å². The fourth-order valence-corrected chi connectivity index (χ4v) is 2.93. The van der Waals surface area contributed by atoms with Crippen molar-refractivity contribution in [2.45, 2.75) is 25.6 Å². The van der Waals surface area contributed by atoms with Gasteiger partial charge in [-0.3, -0.25) is 4.79 Å². The van der Waals surface area contributed by atoms with Gasteiger partial charge in [0.15, 0.2) is 11.5 Å². The van der Waals surface area contributed by atoms with Crippen molar-refractivity contribution in [3.63, 3.8) is 0 Å². The number of aromatic nitrogens is 2. The normalized spacial score (nSPS) is 18.9. The highest BCUT2D eigenvalue weighted by molar-refractivity contribution is 5.82. The Kier molecular flexibility index (Phi) is 4.01. The number of fused-ring (bicyclic) bond motifs is 2. The first-order valence-electron chi connectivity index (χ1n) is 8.34. The van der Waals surface area contributed by atoms with Crippen LogP contribution >= 0.6 is 0 Å². The number of carbonyl (C=O) groups is 1. The average molecular weight is 337 g/mol. The Morgan fingerprint density at radius 2 is 1.84 bits per heavy atom. The molecule has 128 valence electrons. The monoisotopic (exact) mass is 337 g/mol. The molecule has 6 nitrogen and oxygen atoms in total. The van der Waals surface area contributed by atoms with E-state index >= 15 is 0 Å². The molecule has 0 unspecified atom stereocenters. The van der Waals surface area contributed by atoms with Gasteiger partial charge in [-0.25, -0.2) is 4.98 Å². The van der Waals surface area contributed by atoms with Gasteiger partial charge in [0.25, 0.3) is 5.91 Å². The Bertz CT molecular complexity index is 873. The maximum atomic E-state index is 12.4. The van der Waals surface area contributed by atoms with Crippen molar-refractivity contribution in [1.82, 2.24) is 15.3 Å². The lowest BCUT2D eigenvalue weighted by Gasteiger charge is -2.30. The number of carbonyl (C=O) groups excluding carboxylic acids is 1. The summed E-state index contributed by atoms with van der Waals surface area (Å²) in [7, 11) is 0. The molecule has 0 fully saturated rings. The van der Waals surface area contributed by atoms with E-state index in [-0.39, 0.29) is 12.0 Å². The molecule has 2 aromatic carbocycles. The van der Waals surface area contributed by atoms with Crippen molar-refractivity contribution in [2.24, 2.45) is 0 Å². The Morgan fingerprint density at radius 1 is 1.12 bits per heavy atom. The van der Waals surface area contributed by atoms with Crippen molar-refractivity contribution < 1.29 is 14.3 Å². The molecule has 0 saturated carbocycles. The minimum atomic E-state index is -0.662. The quantitative estimate of drug-likeness (QED) is 0.767. The van der Waals surface area contributed by atoms with Crippen LogP contribution in [0.5, 0.6) is 11.5 Å². The van der Waals surface area contributed by atoms with Crippen molar-refractivity contribution >= 4 is 16.9 Å². The van der Waals surface area contributed by atoms with Crippen LogP contribution in [-0.4, -0.2) is 34.6 Å². The summed E-state index contributed by atoms with van der Waals surface area (Å²) in [5, 5.41) is 2.90. The van der Waals surface area contributed by atoms with Gasteiger partial charge in [-0.1, -0.05) is 24.3 Å². The predicted octanol–water partition coefficient (Wildman–Crippen LogP) is 2.45. The fourth-order valence-electron chi connectivity index (χ4n) is 2.93. The van der Waals surface area contributed by atoms with E-state index in [4.69, 9.17) is 9.47 Å². The zero-order chi connectivity index (χ0) is 17.2. The number of hydrogen-bond donors (Lipinski definition) is 2. The Morgan fingerprint density at radius 3 is 2.64 bits per heavy atom. The first kappa shape index (κ1) is 15.5. The van der Waals surface area contributed by atoms with Gasteiger partial charge >= 0.3 is 0 Å². The molecule has 0 radical (unpaired) electrons. The van der Waals surface area contributed by atoms with Crippen LogP contribution in [0.3, 0.4) is 0 Å². The van der Waals surface area contributed by atoms with Crippen molar-refractivity contribution in [3.05, 3.63) is 54.4 Å². The largest absolute Gasteiger partial charge is 0.482 e. The molecule has 1 amide bonds. The van der Waals surface area contributed by atoms with Crippen LogP contribution in [0.4, 0.5) is 0 Å². The third-order valence-corrected chi connectivity index (χ3v) is 4.20. The van der Waals surface area contributed by atoms with Crippen molar-refractivity contribution in [3.8, 4) is 11.5 Å². The molecular weight excluding hydrogens is 318 g/mol. The number of nitrogens with one attached hydrogen (secondary N) is 2. The Hall–Kier alpha value is -3.02. The summed E-state index contributed by atoms with van der Waals surface area (Å²) in [6, 6.07) is 15.2. The second-order valence-electron chi connectivity index (χ2n) is 6.05. The van der Waals surface area contributed by atoms with Gasteiger partial charge < -0.3 is 19.8 Å². The van der Waals surface area contributed by atoms with Gasteiger partial charge in [-0.2, -0.15) is 0 Å². The van der Waals surface area contributed by atoms with Crippen LogP contribution in [0.15, 0.2) is 48.5 Å². The predicted molar refractivity (Wildman–Crippen MR) is 93.8 cm³/mol. The molecule has 0 bridgehead atoms. The molecule has 1 aliphatic heterocycles. The lowest BCUT2D eigenvalue weighted by molar-refractivity contribution is -0.133. The second kappa shape index (κ2) is 6.47. The van der Waals surface area contributed by atoms with Gasteiger partial charge in [0, 0.05) is 13.0 Å². The van der Waals surface area contributed by atoms with Crippen LogP contribution in [0.2, 0.25) is 0 Å². The lowest BCUT2D eigenvalue weighted by Crippen LogP contribution is -2.49. The average Bonchev–Trinajstić information content (AvgIpc) is 3.03. The van der Waals surface area contributed by atoms with Gasteiger partial charge in [0.1, 0.15) is 11.9 Å². The number of amides is 1. The van der Waals surface area contributed by atoms with Gasteiger partial charge in [0.2, 0.25) is 6.10 Å². The molecule has 4 rings (SSSR count). The maximum Gasteiger partial charge on any atom is 0.265 e. The molecule has 2 atom stereocenters. The number of aromatic amines is 1. The maximum absolute atomic E-state index is 12.4. The summed E-state index contributed by atoms with van der Waals surface area (Å²) in [5.41, 5.74) is 1.93. The summed E-state index contributed by atoms with van der Waals surface area (Å²) in [6.07, 6.45) is -0.384. The third-order valence-electron chi connectivity index (χ3n) is 4.20. The minimum Gasteiger partial charge on any atom is -0.482 e. The summed E-state index contributed by atoms with van der Waals surface area (Å²) in [4.78, 5) is 20.2. The highest BCUT2D eigenvalue weighted by Gasteiger charge is 2.33. The van der Waals surface area contributed by atoms with E-state index in [0.29, 0.717) is 24.5 Å². The second-order valence-corrected chi connectivity index (χ2v) is 6.05. The van der Waals surface area contributed by atoms with Crippen molar-refractivity contribution in [1.29, 1.82) is 0 Å². The molecule has 0 spiro atoms. The summed E-state index contributed by atoms with van der Waals surface area (Å²) >= 11 is 0. The first-order chi connectivity index (χ1) is 12.2. The smallest absolute Gasteiger partial charge is 0.265 e. The molecule has 0 saturated heterocycles. The zero-order valence-corrected chi connectivity index (χ0v) is 13.9. The number of H-pyrrole nitrogens is 1. The highest BCUT2D eigenvalue weighted by atomic mass is 16.6. The topological polar surface area (TPSA) is 76.2 Å². The first-order valence-corrected chi connectivity index (χ1v) is 8.34. The Balaban J connectivity index is 1.36. The molecule has 1 aliphatic rings. The summed E-state index contributed by atoms with van der Waals surface area (Å²) in [5.74, 6) is 1.93. The van der Waals surface area contributed by atoms with Crippen LogP contribution in [0.25, 0.3) is 11.0 Å². The number of imidazole rings is 1. The third kappa shape index (κ3) is 3.15. The van der Waals surface area contributed by atoms with E-state index < -0.39 is 6.10 Å². The number of rotatable bonds is 4. The fraction of sp³-hybridized carbons (Fsp3) is 0.263. The molecule has 2 heterocycles. The molecule has 0 aliphatic carbocycles. The molecule has 25 heavy (non-hydrogen) atoms. The summed E-state index contributed by atoms with van der Waals surface area (Å²) < 4.78 is 11.6. The summed E-state index contributed by atoms with van der Waals surface area (Å²) in [6.45, 7) is 2.31. The van der Waals surface area contributed by atoms with Gasteiger partial charge in [0.05, 0.1) is 11.0 Å². The van der Waals surface area contributed by atoms with E-state index in [1.54, 1.807) is 6.07 Å². The molecule has 2 N–H and O–H groups in total. The molecule has 6 heteroatoms. The number of nitrogens with zero attached hydrogens (tertiary/aromatic N) is 1. The number of hydrogen-bond acceptors (Lipinski definition) is 4. The molecule has 3 aromatic rings. The Labute approximate surface area is 145 Å². The van der Waals surface area contributed by atoms with Gasteiger partial charge in [-0.05, 0) is 31.2 Å². The van der Waals surface area contributed by atoms with Crippen LogP contribution < -0.4 is 14.8 Å². The van der Waals surface area contributed by atoms with Gasteiger partial charge in [-0.15, -0.1) is 0 Å². The van der Waals surface area contributed by atoms with E-state index in [9.17, 15) is 4.79 Å². The van der Waals surface area contributed by atoms with E-state index in [1.807, 2.05) is 49.4 Å².